The van der Waals surface area contributed by atoms with Gasteiger partial charge in [-0.05, 0) is 25.0 Å². The van der Waals surface area contributed by atoms with Gasteiger partial charge in [0, 0.05) is 26.3 Å². The summed E-state index contributed by atoms with van der Waals surface area (Å²) in [6.45, 7) is 5.18. The number of rotatable bonds is 6. The fourth-order valence-corrected chi connectivity index (χ4v) is 2.37. The van der Waals surface area contributed by atoms with Gasteiger partial charge in [0.15, 0.2) is 0 Å². The number of aromatic nitrogens is 1. The number of carbonyl (C=O) groups is 1. The van der Waals surface area contributed by atoms with Crippen molar-refractivity contribution in [3.8, 4) is 0 Å². The molecule has 124 valence electrons. The minimum absolute atomic E-state index is 0.141. The maximum atomic E-state index is 12.3. The molecule has 6 heteroatoms. The molecule has 0 atom stereocenters. The van der Waals surface area contributed by atoms with E-state index in [4.69, 9.17) is 9.26 Å². The van der Waals surface area contributed by atoms with Gasteiger partial charge in [-0.1, -0.05) is 29.4 Å². The zero-order valence-electron chi connectivity index (χ0n) is 14.0. The van der Waals surface area contributed by atoms with Gasteiger partial charge in [-0.25, -0.2) is 4.79 Å². The van der Waals surface area contributed by atoms with Crippen LogP contribution in [0.4, 0.5) is 4.79 Å². The number of amides is 2. The molecule has 2 amide bonds. The summed E-state index contributed by atoms with van der Waals surface area (Å²) >= 11 is 0. The quantitative estimate of drug-likeness (QED) is 0.889. The zero-order valence-corrected chi connectivity index (χ0v) is 14.0. The largest absolute Gasteiger partial charge is 0.380 e. The first-order chi connectivity index (χ1) is 11.0. The highest BCUT2D eigenvalue weighted by Crippen LogP contribution is 2.14. The molecule has 0 bridgehead atoms. The van der Waals surface area contributed by atoms with E-state index in [1.807, 2.05) is 38.1 Å². The van der Waals surface area contributed by atoms with Crippen molar-refractivity contribution in [2.45, 2.75) is 33.5 Å². The molecule has 2 rings (SSSR count). The number of benzene rings is 1. The van der Waals surface area contributed by atoms with E-state index in [-0.39, 0.29) is 6.03 Å². The topological polar surface area (TPSA) is 67.6 Å². The van der Waals surface area contributed by atoms with Crippen LogP contribution in [-0.4, -0.2) is 30.2 Å². The number of hydrogen-bond donors (Lipinski definition) is 1. The van der Waals surface area contributed by atoms with Gasteiger partial charge in [0.25, 0.3) is 0 Å². The number of carbonyl (C=O) groups excluding carboxylic acids is 1. The van der Waals surface area contributed by atoms with E-state index in [1.54, 1.807) is 19.1 Å². The van der Waals surface area contributed by atoms with E-state index in [0.717, 1.165) is 28.1 Å². The fourth-order valence-electron chi connectivity index (χ4n) is 2.37. The average Bonchev–Trinajstić information content (AvgIpc) is 2.86. The number of ether oxygens (including phenoxy) is 1. The van der Waals surface area contributed by atoms with Crippen LogP contribution in [0.3, 0.4) is 0 Å². The Hall–Kier alpha value is -2.34. The van der Waals surface area contributed by atoms with Crippen molar-refractivity contribution in [3.05, 3.63) is 52.4 Å². The second-order valence-electron chi connectivity index (χ2n) is 5.52. The minimum atomic E-state index is -0.141. The normalized spacial score (nSPS) is 10.6. The molecule has 1 N–H and O–H groups in total. The molecule has 6 nitrogen and oxygen atoms in total. The molecule has 0 unspecified atom stereocenters. The standard InChI is InChI=1S/C17H23N3O3/c1-12-16(13(2)23-19-12)10-20(3)17(21)18-9-14-7-5-6-8-15(14)11-22-4/h5-8H,9-11H2,1-4H3,(H,18,21). The van der Waals surface area contributed by atoms with Crippen LogP contribution in [0.5, 0.6) is 0 Å². The summed E-state index contributed by atoms with van der Waals surface area (Å²) in [7, 11) is 3.41. The molecule has 1 aromatic heterocycles. The summed E-state index contributed by atoms with van der Waals surface area (Å²) in [4.78, 5) is 13.9. The first kappa shape index (κ1) is 17.0. The second-order valence-corrected chi connectivity index (χ2v) is 5.52. The molecular formula is C17H23N3O3. The predicted molar refractivity (Wildman–Crippen MR) is 86.8 cm³/mol. The maximum absolute atomic E-state index is 12.3. The van der Waals surface area contributed by atoms with Crippen LogP contribution in [0.2, 0.25) is 0 Å². The zero-order chi connectivity index (χ0) is 16.8. The molecule has 0 saturated heterocycles. The van der Waals surface area contributed by atoms with Crippen molar-refractivity contribution >= 4 is 6.03 Å². The van der Waals surface area contributed by atoms with Crippen molar-refractivity contribution in [1.82, 2.24) is 15.4 Å². The van der Waals surface area contributed by atoms with Gasteiger partial charge in [-0.2, -0.15) is 0 Å². The molecule has 23 heavy (non-hydrogen) atoms. The number of hydrogen-bond acceptors (Lipinski definition) is 4. The summed E-state index contributed by atoms with van der Waals surface area (Å²) in [5.74, 6) is 0.743. The Morgan fingerprint density at radius 2 is 2.00 bits per heavy atom. The fraction of sp³-hybridized carbons (Fsp3) is 0.412. The van der Waals surface area contributed by atoms with Crippen molar-refractivity contribution in [3.63, 3.8) is 0 Å². The molecule has 0 aliphatic rings. The van der Waals surface area contributed by atoms with Crippen LogP contribution < -0.4 is 5.32 Å². The molecule has 2 aromatic rings. The predicted octanol–water partition coefficient (Wildman–Crippen LogP) is 2.78. The Bertz CT molecular complexity index is 647. The summed E-state index contributed by atoms with van der Waals surface area (Å²) in [6.07, 6.45) is 0. The second kappa shape index (κ2) is 7.78. The molecule has 1 heterocycles. The van der Waals surface area contributed by atoms with E-state index in [1.165, 1.54) is 0 Å². The first-order valence-electron chi connectivity index (χ1n) is 7.49. The molecule has 0 fully saturated rings. The number of methoxy groups -OCH3 is 1. The number of urea groups is 1. The Balaban J connectivity index is 1.94. The van der Waals surface area contributed by atoms with Crippen LogP contribution in [0.15, 0.2) is 28.8 Å². The third kappa shape index (κ3) is 4.32. The van der Waals surface area contributed by atoms with Gasteiger partial charge in [-0.15, -0.1) is 0 Å². The van der Waals surface area contributed by atoms with Crippen LogP contribution >= 0.6 is 0 Å². The number of nitrogens with one attached hydrogen (secondary N) is 1. The summed E-state index contributed by atoms with van der Waals surface area (Å²) in [6, 6.07) is 7.76. The molecule has 0 aliphatic heterocycles. The number of nitrogens with zero attached hydrogens (tertiary/aromatic N) is 2. The lowest BCUT2D eigenvalue weighted by atomic mass is 10.1. The monoisotopic (exact) mass is 317 g/mol. The highest BCUT2D eigenvalue weighted by Gasteiger charge is 2.15. The van der Waals surface area contributed by atoms with Gasteiger partial charge in [0.2, 0.25) is 0 Å². The highest BCUT2D eigenvalue weighted by molar-refractivity contribution is 5.73. The molecule has 0 radical (unpaired) electrons. The van der Waals surface area contributed by atoms with Crippen LogP contribution in [0, 0.1) is 13.8 Å². The molecule has 1 aromatic carbocycles. The van der Waals surface area contributed by atoms with E-state index in [0.29, 0.717) is 19.7 Å². The van der Waals surface area contributed by atoms with Gasteiger partial charge in [0.1, 0.15) is 5.76 Å². The molecule has 0 aliphatic carbocycles. The minimum Gasteiger partial charge on any atom is -0.380 e. The van der Waals surface area contributed by atoms with Gasteiger partial charge >= 0.3 is 6.03 Å². The SMILES string of the molecule is COCc1ccccc1CNC(=O)N(C)Cc1c(C)noc1C. The third-order valence-electron chi connectivity index (χ3n) is 3.77. The third-order valence-corrected chi connectivity index (χ3v) is 3.77. The Labute approximate surface area is 136 Å². The van der Waals surface area contributed by atoms with Gasteiger partial charge < -0.3 is 19.5 Å². The van der Waals surface area contributed by atoms with E-state index in [2.05, 4.69) is 10.5 Å². The van der Waals surface area contributed by atoms with Crippen molar-refractivity contribution < 1.29 is 14.1 Å². The Kier molecular flexibility index (Phi) is 5.76. The van der Waals surface area contributed by atoms with Crippen LogP contribution in [-0.2, 0) is 24.4 Å². The van der Waals surface area contributed by atoms with Crippen LogP contribution in [0.25, 0.3) is 0 Å². The lowest BCUT2D eigenvalue weighted by Gasteiger charge is -2.18. The maximum Gasteiger partial charge on any atom is 0.317 e. The summed E-state index contributed by atoms with van der Waals surface area (Å²) in [5, 5.41) is 6.84. The van der Waals surface area contributed by atoms with E-state index < -0.39 is 0 Å². The summed E-state index contributed by atoms with van der Waals surface area (Å²) < 4.78 is 10.3. The number of aryl methyl sites for hydroxylation is 2. The average molecular weight is 317 g/mol. The molecule has 0 saturated carbocycles. The molecular weight excluding hydrogens is 294 g/mol. The van der Waals surface area contributed by atoms with Crippen molar-refractivity contribution in [1.29, 1.82) is 0 Å². The first-order valence-corrected chi connectivity index (χ1v) is 7.49. The Morgan fingerprint density at radius 1 is 1.30 bits per heavy atom. The molecule has 0 spiro atoms. The van der Waals surface area contributed by atoms with Crippen LogP contribution in [0.1, 0.15) is 28.1 Å². The smallest absolute Gasteiger partial charge is 0.317 e. The highest BCUT2D eigenvalue weighted by atomic mass is 16.5. The lowest BCUT2D eigenvalue weighted by Crippen LogP contribution is -2.36. The van der Waals surface area contributed by atoms with E-state index >= 15 is 0 Å². The van der Waals surface area contributed by atoms with Crippen molar-refractivity contribution in [2.24, 2.45) is 0 Å². The summed E-state index contributed by atoms with van der Waals surface area (Å²) in [5.41, 5.74) is 3.88. The van der Waals surface area contributed by atoms with Gasteiger partial charge in [-0.3, -0.25) is 0 Å². The van der Waals surface area contributed by atoms with Gasteiger partial charge in [0.05, 0.1) is 18.8 Å². The van der Waals surface area contributed by atoms with E-state index in [9.17, 15) is 4.79 Å². The lowest BCUT2D eigenvalue weighted by molar-refractivity contribution is 0.183. The Morgan fingerprint density at radius 3 is 2.61 bits per heavy atom. The van der Waals surface area contributed by atoms with Crippen molar-refractivity contribution in [2.75, 3.05) is 14.2 Å².